The quantitative estimate of drug-likeness (QED) is 0.906. The average Bonchev–Trinajstić information content (AvgIpc) is 2.65. The smallest absolute Gasteiger partial charge is 0.251 e. The summed E-state index contributed by atoms with van der Waals surface area (Å²) in [5, 5.41) is 3.13. The molecule has 1 saturated heterocycles. The maximum atomic E-state index is 12.4. The molecule has 3 heteroatoms. The van der Waals surface area contributed by atoms with E-state index in [4.69, 9.17) is 0 Å². The molecule has 1 N–H and O–H groups in total. The van der Waals surface area contributed by atoms with Gasteiger partial charge < -0.3 is 5.32 Å². The third-order valence-electron chi connectivity index (χ3n) is 4.94. The zero-order valence-electron chi connectivity index (χ0n) is 14.3. The normalized spacial score (nSPS) is 17.4. The maximum absolute atomic E-state index is 12.4. The number of benzene rings is 2. The summed E-state index contributed by atoms with van der Waals surface area (Å²) in [4.78, 5) is 14.9. The maximum Gasteiger partial charge on any atom is 0.251 e. The van der Waals surface area contributed by atoms with Crippen LogP contribution in [0.2, 0.25) is 0 Å². The molecule has 2 aromatic rings. The SMILES string of the molecule is CC1CCN(C(CNC(=O)c2ccccc2)c2ccccc2)CC1. The molecule has 1 heterocycles. The highest BCUT2D eigenvalue weighted by atomic mass is 16.1. The van der Waals surface area contributed by atoms with Gasteiger partial charge in [0.15, 0.2) is 0 Å². The zero-order valence-corrected chi connectivity index (χ0v) is 14.3. The standard InChI is InChI=1S/C21H26N2O/c1-17-12-14-23(15-13-17)20(18-8-4-2-5-9-18)16-22-21(24)19-10-6-3-7-11-19/h2-11,17,20H,12-16H2,1H3,(H,22,24). The molecule has 0 aliphatic carbocycles. The van der Waals surface area contributed by atoms with E-state index in [1.54, 1.807) is 0 Å². The average molecular weight is 322 g/mol. The van der Waals surface area contributed by atoms with Crippen LogP contribution in [0.3, 0.4) is 0 Å². The fourth-order valence-corrected chi connectivity index (χ4v) is 3.35. The molecule has 1 amide bonds. The molecule has 126 valence electrons. The van der Waals surface area contributed by atoms with Gasteiger partial charge in [-0.1, -0.05) is 55.5 Å². The van der Waals surface area contributed by atoms with Crippen molar-refractivity contribution >= 4 is 5.91 Å². The molecule has 1 atom stereocenters. The first-order chi connectivity index (χ1) is 11.7. The number of hydrogen-bond donors (Lipinski definition) is 1. The van der Waals surface area contributed by atoms with Gasteiger partial charge in [0.25, 0.3) is 5.91 Å². The van der Waals surface area contributed by atoms with Gasteiger partial charge in [0, 0.05) is 12.1 Å². The molecule has 1 aliphatic rings. The Morgan fingerprint density at radius 2 is 1.62 bits per heavy atom. The molecule has 0 bridgehead atoms. The summed E-state index contributed by atoms with van der Waals surface area (Å²) in [7, 11) is 0. The molecule has 2 aromatic carbocycles. The van der Waals surface area contributed by atoms with E-state index < -0.39 is 0 Å². The molecule has 0 saturated carbocycles. The Kier molecular flexibility index (Phi) is 5.65. The fourth-order valence-electron chi connectivity index (χ4n) is 3.35. The second kappa shape index (κ2) is 8.11. The van der Waals surface area contributed by atoms with Crippen molar-refractivity contribution in [2.24, 2.45) is 5.92 Å². The molecule has 1 aliphatic heterocycles. The Morgan fingerprint density at radius 1 is 1.04 bits per heavy atom. The van der Waals surface area contributed by atoms with E-state index in [0.717, 1.165) is 24.6 Å². The van der Waals surface area contributed by atoms with Gasteiger partial charge in [-0.25, -0.2) is 0 Å². The Hall–Kier alpha value is -2.13. The van der Waals surface area contributed by atoms with Crippen LogP contribution in [0.4, 0.5) is 0 Å². The van der Waals surface area contributed by atoms with Gasteiger partial charge in [0.2, 0.25) is 0 Å². The lowest BCUT2D eigenvalue weighted by Gasteiger charge is -2.37. The van der Waals surface area contributed by atoms with Crippen LogP contribution in [0.25, 0.3) is 0 Å². The van der Waals surface area contributed by atoms with Crippen molar-refractivity contribution < 1.29 is 4.79 Å². The van der Waals surface area contributed by atoms with E-state index in [1.165, 1.54) is 18.4 Å². The van der Waals surface area contributed by atoms with E-state index in [9.17, 15) is 4.79 Å². The highest BCUT2D eigenvalue weighted by Gasteiger charge is 2.25. The summed E-state index contributed by atoms with van der Waals surface area (Å²) in [6, 6.07) is 20.2. The molecule has 0 radical (unpaired) electrons. The van der Waals surface area contributed by atoms with Gasteiger partial charge in [-0.2, -0.15) is 0 Å². The lowest BCUT2D eigenvalue weighted by atomic mass is 9.95. The monoisotopic (exact) mass is 322 g/mol. The fraction of sp³-hybridized carbons (Fsp3) is 0.381. The van der Waals surface area contributed by atoms with E-state index >= 15 is 0 Å². The van der Waals surface area contributed by atoms with Gasteiger partial charge in [0.1, 0.15) is 0 Å². The Morgan fingerprint density at radius 3 is 2.25 bits per heavy atom. The van der Waals surface area contributed by atoms with E-state index in [-0.39, 0.29) is 11.9 Å². The van der Waals surface area contributed by atoms with Crippen molar-refractivity contribution in [3.05, 3.63) is 71.8 Å². The highest BCUT2D eigenvalue weighted by molar-refractivity contribution is 5.94. The third-order valence-corrected chi connectivity index (χ3v) is 4.94. The molecule has 3 nitrogen and oxygen atoms in total. The van der Waals surface area contributed by atoms with Gasteiger partial charge in [-0.15, -0.1) is 0 Å². The van der Waals surface area contributed by atoms with Crippen molar-refractivity contribution in [1.29, 1.82) is 0 Å². The Labute approximate surface area is 144 Å². The van der Waals surface area contributed by atoms with Gasteiger partial charge in [0.05, 0.1) is 6.04 Å². The number of carbonyl (C=O) groups is 1. The van der Waals surface area contributed by atoms with Crippen molar-refractivity contribution in [2.75, 3.05) is 19.6 Å². The van der Waals surface area contributed by atoms with Crippen molar-refractivity contribution in [3.63, 3.8) is 0 Å². The number of nitrogens with one attached hydrogen (secondary N) is 1. The Bertz CT molecular complexity index is 633. The first-order valence-corrected chi connectivity index (χ1v) is 8.86. The molecule has 0 aromatic heterocycles. The number of likely N-dealkylation sites (tertiary alicyclic amines) is 1. The predicted molar refractivity (Wildman–Crippen MR) is 97.9 cm³/mol. The zero-order chi connectivity index (χ0) is 16.8. The Balaban J connectivity index is 1.69. The molecular weight excluding hydrogens is 296 g/mol. The largest absolute Gasteiger partial charge is 0.350 e. The van der Waals surface area contributed by atoms with Crippen LogP contribution >= 0.6 is 0 Å². The highest BCUT2D eigenvalue weighted by Crippen LogP contribution is 2.26. The first-order valence-electron chi connectivity index (χ1n) is 8.86. The van der Waals surface area contributed by atoms with Crippen LogP contribution in [-0.2, 0) is 0 Å². The summed E-state index contributed by atoms with van der Waals surface area (Å²) >= 11 is 0. The topological polar surface area (TPSA) is 32.3 Å². The van der Waals surface area contributed by atoms with Crippen LogP contribution in [0.5, 0.6) is 0 Å². The minimum Gasteiger partial charge on any atom is -0.350 e. The lowest BCUT2D eigenvalue weighted by molar-refractivity contribution is 0.0913. The van der Waals surface area contributed by atoms with Gasteiger partial charge in [-0.05, 0) is 49.5 Å². The summed E-state index contributed by atoms with van der Waals surface area (Å²) in [6.07, 6.45) is 2.46. The van der Waals surface area contributed by atoms with Crippen molar-refractivity contribution in [1.82, 2.24) is 10.2 Å². The third kappa shape index (κ3) is 4.24. The van der Waals surface area contributed by atoms with Gasteiger partial charge in [-0.3, -0.25) is 9.69 Å². The van der Waals surface area contributed by atoms with Crippen LogP contribution in [0.1, 0.15) is 41.7 Å². The number of nitrogens with zero attached hydrogens (tertiary/aromatic N) is 1. The van der Waals surface area contributed by atoms with Crippen LogP contribution < -0.4 is 5.32 Å². The number of piperidine rings is 1. The summed E-state index contributed by atoms with van der Waals surface area (Å²) in [5.74, 6) is 0.804. The van der Waals surface area contributed by atoms with Crippen LogP contribution in [0.15, 0.2) is 60.7 Å². The minimum absolute atomic E-state index is 0.00177. The van der Waals surface area contributed by atoms with Crippen LogP contribution in [0, 0.1) is 5.92 Å². The van der Waals surface area contributed by atoms with E-state index in [2.05, 4.69) is 41.4 Å². The summed E-state index contributed by atoms with van der Waals surface area (Å²) in [6.45, 7) is 5.17. The van der Waals surface area contributed by atoms with Gasteiger partial charge >= 0.3 is 0 Å². The van der Waals surface area contributed by atoms with E-state index in [1.807, 2.05) is 36.4 Å². The second-order valence-electron chi connectivity index (χ2n) is 6.72. The molecular formula is C21H26N2O. The van der Waals surface area contributed by atoms with Crippen molar-refractivity contribution in [2.45, 2.75) is 25.8 Å². The van der Waals surface area contributed by atoms with E-state index in [0.29, 0.717) is 6.54 Å². The first kappa shape index (κ1) is 16.7. The number of rotatable bonds is 5. The number of hydrogen-bond acceptors (Lipinski definition) is 2. The summed E-state index contributed by atoms with van der Waals surface area (Å²) < 4.78 is 0. The molecule has 1 fully saturated rings. The summed E-state index contributed by atoms with van der Waals surface area (Å²) in [5.41, 5.74) is 2.00. The van der Waals surface area contributed by atoms with Crippen LogP contribution in [-0.4, -0.2) is 30.4 Å². The molecule has 0 spiro atoms. The minimum atomic E-state index is 0.00177. The van der Waals surface area contributed by atoms with Crippen molar-refractivity contribution in [3.8, 4) is 0 Å². The predicted octanol–water partition coefficient (Wildman–Crippen LogP) is 3.89. The molecule has 3 rings (SSSR count). The number of amides is 1. The lowest BCUT2D eigenvalue weighted by Crippen LogP contribution is -2.42. The molecule has 24 heavy (non-hydrogen) atoms. The molecule has 1 unspecified atom stereocenters. The number of carbonyl (C=O) groups excluding carboxylic acids is 1. The second-order valence-corrected chi connectivity index (χ2v) is 6.72.